The maximum Gasteiger partial charge on any atom is 0.410 e. The van der Waals surface area contributed by atoms with Crippen molar-refractivity contribution < 1.29 is 32.6 Å². The van der Waals surface area contributed by atoms with Gasteiger partial charge in [-0.25, -0.2) is 23.4 Å². The zero-order valence-electron chi connectivity index (χ0n) is 24.9. The summed E-state index contributed by atoms with van der Waals surface area (Å²) in [5.41, 5.74) is -1.54. The Balaban J connectivity index is 1.39. The van der Waals surface area contributed by atoms with Gasteiger partial charge in [0.2, 0.25) is 0 Å². The second-order valence-corrected chi connectivity index (χ2v) is 13.2. The number of hydrogen-bond acceptors (Lipinski definition) is 10. The van der Waals surface area contributed by atoms with Crippen LogP contribution < -0.4 is 9.64 Å². The van der Waals surface area contributed by atoms with Crippen LogP contribution in [0.5, 0.6) is 6.01 Å². The van der Waals surface area contributed by atoms with E-state index in [2.05, 4.69) is 14.9 Å². The van der Waals surface area contributed by atoms with Crippen LogP contribution in [0.3, 0.4) is 0 Å². The van der Waals surface area contributed by atoms with Crippen molar-refractivity contribution in [3.63, 3.8) is 0 Å². The number of hydrogen-bond donors (Lipinski definition) is 0. The molecule has 2 unspecified atom stereocenters. The van der Waals surface area contributed by atoms with Gasteiger partial charge in [-0.1, -0.05) is 11.6 Å². The average molecular weight is 623 g/mol. The van der Waals surface area contributed by atoms with Crippen LogP contribution in [0, 0.1) is 5.82 Å². The predicted octanol–water partition coefficient (Wildman–Crippen LogP) is 4.54. The number of amides is 1. The summed E-state index contributed by atoms with van der Waals surface area (Å²) in [5, 5.41) is -0.472. The molecule has 0 aromatic carbocycles. The number of carbonyl (C=O) groups excluding carboxylic acids is 2. The van der Waals surface area contributed by atoms with E-state index < -0.39 is 34.3 Å². The molecule has 0 N–H and O–H groups in total. The molecule has 4 saturated heterocycles. The van der Waals surface area contributed by atoms with Crippen molar-refractivity contribution in [2.75, 3.05) is 44.3 Å². The molecule has 43 heavy (non-hydrogen) atoms. The Kier molecular flexibility index (Phi) is 7.77. The molecule has 4 aliphatic heterocycles. The molecular formula is C29H37ClF2N6O5. The van der Waals surface area contributed by atoms with Gasteiger partial charge in [0.25, 0.3) is 0 Å². The van der Waals surface area contributed by atoms with Crippen LogP contribution in [-0.2, 0) is 9.47 Å². The molecule has 2 bridgehead atoms. The van der Waals surface area contributed by atoms with E-state index in [1.54, 1.807) is 11.8 Å². The second kappa shape index (κ2) is 11.1. The summed E-state index contributed by atoms with van der Waals surface area (Å²) in [6.07, 6.45) is 2.23. The number of esters is 1. The Morgan fingerprint density at radius 1 is 1.12 bits per heavy atom. The summed E-state index contributed by atoms with van der Waals surface area (Å²) in [5.74, 6) is -1.47. The van der Waals surface area contributed by atoms with Crippen LogP contribution in [0.4, 0.5) is 19.4 Å². The number of rotatable bonds is 6. The van der Waals surface area contributed by atoms with E-state index in [1.165, 1.54) is 0 Å². The maximum absolute atomic E-state index is 15.6. The number of fused-ring (bicyclic) bond motifs is 4. The first-order chi connectivity index (χ1) is 20.4. The molecule has 4 atom stereocenters. The second-order valence-electron chi connectivity index (χ2n) is 12.9. The Bertz CT molecular complexity index is 1430. The number of alkyl halides is 1. The smallest absolute Gasteiger partial charge is 0.410 e. The number of halogens is 3. The molecule has 0 aliphatic carbocycles. The largest absolute Gasteiger partial charge is 0.461 e. The molecule has 0 radical (unpaired) electrons. The lowest BCUT2D eigenvalue weighted by Gasteiger charge is -2.42. The number of nitrogens with zero attached hydrogens (tertiary/aromatic N) is 6. The van der Waals surface area contributed by atoms with E-state index in [0.29, 0.717) is 26.1 Å². The summed E-state index contributed by atoms with van der Waals surface area (Å²) >= 11 is 6.14. The highest BCUT2D eigenvalue weighted by Crippen LogP contribution is 2.42. The molecule has 2 aromatic heterocycles. The highest BCUT2D eigenvalue weighted by molar-refractivity contribution is 6.30. The molecule has 6 rings (SSSR count). The summed E-state index contributed by atoms with van der Waals surface area (Å²) in [6.45, 7) is 9.19. The summed E-state index contributed by atoms with van der Waals surface area (Å²) in [4.78, 5) is 45.0. The molecule has 4 aliphatic rings. The van der Waals surface area contributed by atoms with Crippen LogP contribution in [0.15, 0.2) is 0 Å². The van der Waals surface area contributed by atoms with Crippen LogP contribution in [0.2, 0.25) is 5.15 Å². The molecule has 6 heterocycles. The number of carbonyl (C=O) groups is 2. The van der Waals surface area contributed by atoms with E-state index in [-0.39, 0.29) is 59.8 Å². The van der Waals surface area contributed by atoms with Crippen LogP contribution in [0.1, 0.15) is 70.3 Å². The molecule has 0 saturated carbocycles. The predicted molar refractivity (Wildman–Crippen MR) is 154 cm³/mol. The molecule has 234 valence electrons. The Labute approximate surface area is 253 Å². The Morgan fingerprint density at radius 2 is 1.84 bits per heavy atom. The van der Waals surface area contributed by atoms with E-state index in [9.17, 15) is 14.0 Å². The number of anilines is 1. The van der Waals surface area contributed by atoms with Gasteiger partial charge in [0.15, 0.2) is 16.7 Å². The van der Waals surface area contributed by atoms with Crippen molar-refractivity contribution in [3.05, 3.63) is 16.7 Å². The van der Waals surface area contributed by atoms with Crippen LogP contribution >= 0.6 is 11.6 Å². The number of pyridine rings is 1. The molecular weight excluding hydrogens is 586 g/mol. The lowest BCUT2D eigenvalue weighted by atomic mass is 9.95. The average Bonchev–Trinajstić information content (AvgIpc) is 3.55. The highest BCUT2D eigenvalue weighted by Gasteiger charge is 2.50. The van der Waals surface area contributed by atoms with Crippen molar-refractivity contribution in [2.45, 2.75) is 89.2 Å². The molecule has 4 fully saturated rings. The zero-order chi connectivity index (χ0) is 30.7. The van der Waals surface area contributed by atoms with Crippen molar-refractivity contribution in [3.8, 4) is 6.01 Å². The lowest BCUT2D eigenvalue weighted by Crippen LogP contribution is -2.57. The number of aromatic nitrogens is 3. The third-order valence-electron chi connectivity index (χ3n) is 8.79. The third kappa shape index (κ3) is 5.54. The van der Waals surface area contributed by atoms with Gasteiger partial charge in [0, 0.05) is 26.1 Å². The van der Waals surface area contributed by atoms with E-state index in [0.717, 1.165) is 32.2 Å². The van der Waals surface area contributed by atoms with E-state index >= 15 is 4.39 Å². The first-order valence-electron chi connectivity index (χ1n) is 14.9. The molecule has 2 aromatic rings. The van der Waals surface area contributed by atoms with Gasteiger partial charge >= 0.3 is 18.1 Å². The van der Waals surface area contributed by atoms with Gasteiger partial charge in [0.05, 0.1) is 29.6 Å². The van der Waals surface area contributed by atoms with Crippen molar-refractivity contribution in [1.29, 1.82) is 0 Å². The SMILES string of the molecule is CCOC(=O)c1nc(Cl)c(F)c2nc(OC[C@@]34CCCN3C[C@H](F)C4)nc(N3CC4CCC(C3)N4C(=O)OC(C)(C)C)c12. The van der Waals surface area contributed by atoms with E-state index in [4.69, 9.17) is 30.8 Å². The Morgan fingerprint density at radius 3 is 2.51 bits per heavy atom. The van der Waals surface area contributed by atoms with Crippen LogP contribution in [0.25, 0.3) is 10.9 Å². The standard InChI is InChI=1S/C29H37ClF2N6O5/c1-5-41-25(39)22-19-21(20(32)23(30)33-22)34-26(42-15-29-9-6-10-37(29)12-16(31)11-29)35-24(19)36-13-17-7-8-18(14-36)38(17)27(40)43-28(2,3)4/h16-18H,5-15H2,1-4H3/t16-,17?,18?,29+/m1/s1. The van der Waals surface area contributed by atoms with Gasteiger partial charge < -0.3 is 19.1 Å². The zero-order valence-corrected chi connectivity index (χ0v) is 25.6. The first kappa shape index (κ1) is 30.0. The van der Waals surface area contributed by atoms with Crippen molar-refractivity contribution in [1.82, 2.24) is 24.8 Å². The van der Waals surface area contributed by atoms with Crippen LogP contribution in [-0.4, -0.2) is 106 Å². The van der Waals surface area contributed by atoms with Crippen molar-refractivity contribution >= 4 is 40.4 Å². The summed E-state index contributed by atoms with van der Waals surface area (Å²) < 4.78 is 47.0. The normalized spacial score (nSPS) is 27.1. The van der Waals surface area contributed by atoms with Crippen molar-refractivity contribution in [2.24, 2.45) is 0 Å². The summed E-state index contributed by atoms with van der Waals surface area (Å²) in [6, 6.07) is -0.487. The van der Waals surface area contributed by atoms with Gasteiger partial charge in [-0.3, -0.25) is 9.80 Å². The maximum atomic E-state index is 15.6. The van der Waals surface area contributed by atoms with Gasteiger partial charge in [-0.15, -0.1) is 0 Å². The summed E-state index contributed by atoms with van der Waals surface area (Å²) in [7, 11) is 0. The monoisotopic (exact) mass is 622 g/mol. The third-order valence-corrected chi connectivity index (χ3v) is 9.04. The molecule has 1 amide bonds. The van der Waals surface area contributed by atoms with Gasteiger partial charge in [-0.05, 0) is 59.9 Å². The number of piperazine rings is 1. The highest BCUT2D eigenvalue weighted by atomic mass is 35.5. The fourth-order valence-electron chi connectivity index (χ4n) is 7.08. The fraction of sp³-hybridized carbons (Fsp3) is 0.690. The first-order valence-corrected chi connectivity index (χ1v) is 15.3. The van der Waals surface area contributed by atoms with Gasteiger partial charge in [-0.2, -0.15) is 9.97 Å². The minimum atomic E-state index is -0.941. The molecule has 14 heteroatoms. The topological polar surface area (TPSA) is 110 Å². The fourth-order valence-corrected chi connectivity index (χ4v) is 7.26. The minimum Gasteiger partial charge on any atom is -0.461 e. The van der Waals surface area contributed by atoms with E-state index in [1.807, 2.05) is 25.7 Å². The number of ether oxygens (including phenoxy) is 3. The Hall–Kier alpha value is -3.06. The quantitative estimate of drug-likeness (QED) is 0.336. The lowest BCUT2D eigenvalue weighted by molar-refractivity contribution is 0.0122. The molecule has 11 nitrogen and oxygen atoms in total. The molecule has 0 spiro atoms. The van der Waals surface area contributed by atoms with Gasteiger partial charge in [0.1, 0.15) is 29.7 Å². The minimum absolute atomic E-state index is 0.0585.